The molecule has 5 heteroatoms. The van der Waals surface area contributed by atoms with E-state index in [1.165, 1.54) is 0 Å². The van der Waals surface area contributed by atoms with Crippen molar-refractivity contribution in [2.24, 2.45) is 0 Å². The second kappa shape index (κ2) is 9.45. The fraction of sp³-hybridized carbons (Fsp3) is 0.526. The molecule has 1 fully saturated rings. The van der Waals surface area contributed by atoms with Crippen molar-refractivity contribution in [3.05, 3.63) is 35.9 Å². The van der Waals surface area contributed by atoms with Gasteiger partial charge in [0.2, 0.25) is 5.91 Å². The number of aliphatic hydroxyl groups excluding tert-OH is 1. The minimum atomic E-state index is -0.132. The van der Waals surface area contributed by atoms with Crippen LogP contribution in [0.1, 0.15) is 31.7 Å². The molecule has 1 aliphatic heterocycles. The van der Waals surface area contributed by atoms with Crippen LogP contribution in [-0.4, -0.2) is 55.3 Å². The van der Waals surface area contributed by atoms with E-state index in [2.05, 4.69) is 10.2 Å². The lowest BCUT2D eigenvalue weighted by molar-refractivity contribution is -0.116. The van der Waals surface area contributed by atoms with Crippen LogP contribution in [0, 0.1) is 0 Å². The number of rotatable bonds is 7. The maximum Gasteiger partial charge on any atom is 0.244 e. The summed E-state index contributed by atoms with van der Waals surface area (Å²) >= 11 is 0. The molecule has 132 valence electrons. The van der Waals surface area contributed by atoms with E-state index in [1.807, 2.05) is 31.2 Å². The van der Waals surface area contributed by atoms with Gasteiger partial charge in [-0.15, -0.1) is 0 Å². The summed E-state index contributed by atoms with van der Waals surface area (Å²) in [6.07, 6.45) is 4.15. The summed E-state index contributed by atoms with van der Waals surface area (Å²) in [7, 11) is 1.64. The largest absolute Gasteiger partial charge is 0.497 e. The number of hydrogen-bond donors (Lipinski definition) is 2. The molecule has 0 spiro atoms. The van der Waals surface area contributed by atoms with Crippen LogP contribution in [0.2, 0.25) is 0 Å². The third kappa shape index (κ3) is 5.98. The molecule has 1 aromatic carbocycles. The molecule has 1 heterocycles. The van der Waals surface area contributed by atoms with E-state index in [0.29, 0.717) is 6.54 Å². The quantitative estimate of drug-likeness (QED) is 0.593. The lowest BCUT2D eigenvalue weighted by Gasteiger charge is -2.29. The molecule has 0 bridgehead atoms. The molecule has 1 amide bonds. The van der Waals surface area contributed by atoms with Gasteiger partial charge in [-0.1, -0.05) is 12.1 Å². The monoisotopic (exact) mass is 332 g/mol. The zero-order chi connectivity index (χ0) is 17.4. The number of likely N-dealkylation sites (tertiary alicyclic amines) is 1. The predicted octanol–water partition coefficient (Wildman–Crippen LogP) is 2.06. The first-order valence-electron chi connectivity index (χ1n) is 8.59. The minimum absolute atomic E-state index is 0.0580. The number of hydrogen-bond acceptors (Lipinski definition) is 4. The number of allylic oxidation sites excluding steroid dienone is 1. The molecule has 0 saturated carbocycles. The topological polar surface area (TPSA) is 61.8 Å². The molecule has 5 nitrogen and oxygen atoms in total. The molecule has 24 heavy (non-hydrogen) atoms. The van der Waals surface area contributed by atoms with Crippen molar-refractivity contribution in [1.29, 1.82) is 0 Å². The number of aliphatic hydroxyl groups is 1. The number of nitrogens with zero attached hydrogens (tertiary/aromatic N) is 1. The maximum absolute atomic E-state index is 12.0. The maximum atomic E-state index is 12.0. The van der Waals surface area contributed by atoms with E-state index in [1.54, 1.807) is 13.2 Å². The molecule has 0 aromatic heterocycles. The summed E-state index contributed by atoms with van der Waals surface area (Å²) in [5, 5.41) is 12.4. The number of methoxy groups -OCH3 is 1. The van der Waals surface area contributed by atoms with Crippen molar-refractivity contribution in [3.8, 4) is 5.75 Å². The van der Waals surface area contributed by atoms with Gasteiger partial charge in [-0.3, -0.25) is 4.79 Å². The lowest BCUT2D eigenvalue weighted by Crippen LogP contribution is -2.37. The van der Waals surface area contributed by atoms with E-state index in [4.69, 9.17) is 4.74 Å². The molecular weight excluding hydrogens is 304 g/mol. The summed E-state index contributed by atoms with van der Waals surface area (Å²) in [5.41, 5.74) is 1.94. The third-order valence-electron chi connectivity index (χ3n) is 4.40. The van der Waals surface area contributed by atoms with Gasteiger partial charge in [-0.2, -0.15) is 0 Å². The van der Waals surface area contributed by atoms with Crippen molar-refractivity contribution in [3.63, 3.8) is 0 Å². The number of carbonyl (C=O) groups excluding carboxylic acids is 1. The zero-order valence-corrected chi connectivity index (χ0v) is 14.6. The highest BCUT2D eigenvalue weighted by molar-refractivity contribution is 5.94. The molecule has 2 rings (SSSR count). The Morgan fingerprint density at radius 1 is 1.33 bits per heavy atom. The fourth-order valence-electron chi connectivity index (χ4n) is 2.84. The first-order valence-corrected chi connectivity index (χ1v) is 8.59. The number of amides is 1. The van der Waals surface area contributed by atoms with Gasteiger partial charge in [-0.05, 0) is 56.0 Å². The van der Waals surface area contributed by atoms with Gasteiger partial charge in [0, 0.05) is 25.7 Å². The van der Waals surface area contributed by atoms with Crippen molar-refractivity contribution >= 4 is 11.5 Å². The Kier molecular flexibility index (Phi) is 7.28. The van der Waals surface area contributed by atoms with E-state index >= 15 is 0 Å². The van der Waals surface area contributed by atoms with Crippen LogP contribution in [-0.2, 0) is 4.79 Å². The number of carbonyl (C=O) groups is 1. The fourth-order valence-corrected chi connectivity index (χ4v) is 2.84. The molecule has 0 aliphatic carbocycles. The average molecular weight is 332 g/mol. The van der Waals surface area contributed by atoms with E-state index in [0.717, 1.165) is 55.8 Å². The average Bonchev–Trinajstić information content (AvgIpc) is 2.60. The summed E-state index contributed by atoms with van der Waals surface area (Å²) in [6.45, 7) is 5.47. The standard InChI is InChI=1S/C19H28N2O3/c1-15(16-4-6-18(24-2)7-5-16)14-19(23)20-10-3-11-21-12-8-17(22)9-13-21/h4-7,14,17,22H,3,8-13H2,1-2H3,(H,20,23). The smallest absolute Gasteiger partial charge is 0.244 e. The predicted molar refractivity (Wildman–Crippen MR) is 96.0 cm³/mol. The van der Waals surface area contributed by atoms with Crippen molar-refractivity contribution < 1.29 is 14.6 Å². The summed E-state index contributed by atoms with van der Waals surface area (Å²) < 4.78 is 5.13. The van der Waals surface area contributed by atoms with Gasteiger partial charge in [-0.25, -0.2) is 0 Å². The van der Waals surface area contributed by atoms with Crippen LogP contribution in [0.4, 0.5) is 0 Å². The van der Waals surface area contributed by atoms with E-state index in [-0.39, 0.29) is 12.0 Å². The summed E-state index contributed by atoms with van der Waals surface area (Å²) in [6, 6.07) is 7.67. The normalized spacial score (nSPS) is 16.9. The first-order chi connectivity index (χ1) is 11.6. The third-order valence-corrected chi connectivity index (χ3v) is 4.40. The van der Waals surface area contributed by atoms with Crippen LogP contribution in [0.15, 0.2) is 30.3 Å². The summed E-state index contributed by atoms with van der Waals surface area (Å²) in [5.74, 6) is 0.749. The Hall–Kier alpha value is -1.85. The van der Waals surface area contributed by atoms with Crippen LogP contribution in [0.3, 0.4) is 0 Å². The highest BCUT2D eigenvalue weighted by atomic mass is 16.5. The molecule has 1 saturated heterocycles. The molecule has 0 radical (unpaired) electrons. The molecule has 1 aliphatic rings. The van der Waals surface area contributed by atoms with Crippen molar-refractivity contribution in [1.82, 2.24) is 10.2 Å². The van der Waals surface area contributed by atoms with E-state index in [9.17, 15) is 9.90 Å². The highest BCUT2D eigenvalue weighted by Crippen LogP contribution is 2.17. The van der Waals surface area contributed by atoms with Gasteiger partial charge in [0.1, 0.15) is 5.75 Å². The van der Waals surface area contributed by atoms with Gasteiger partial charge < -0.3 is 20.1 Å². The van der Waals surface area contributed by atoms with Gasteiger partial charge in [0.05, 0.1) is 13.2 Å². The Morgan fingerprint density at radius 2 is 2.00 bits per heavy atom. The second-order valence-corrected chi connectivity index (χ2v) is 6.27. The Balaban J connectivity index is 1.69. The lowest BCUT2D eigenvalue weighted by atomic mass is 10.1. The number of benzene rings is 1. The molecule has 0 atom stereocenters. The minimum Gasteiger partial charge on any atom is -0.497 e. The van der Waals surface area contributed by atoms with Crippen molar-refractivity contribution in [2.75, 3.05) is 33.3 Å². The van der Waals surface area contributed by atoms with Crippen LogP contribution < -0.4 is 10.1 Å². The molecule has 2 N–H and O–H groups in total. The van der Waals surface area contributed by atoms with Gasteiger partial charge >= 0.3 is 0 Å². The van der Waals surface area contributed by atoms with Gasteiger partial charge in [0.25, 0.3) is 0 Å². The first kappa shape index (κ1) is 18.5. The van der Waals surface area contributed by atoms with E-state index < -0.39 is 0 Å². The molecular formula is C19H28N2O3. The SMILES string of the molecule is COc1ccc(C(C)=CC(=O)NCCCN2CCC(O)CC2)cc1. The molecule has 0 unspecified atom stereocenters. The Morgan fingerprint density at radius 3 is 2.62 bits per heavy atom. The summed E-state index contributed by atoms with van der Waals surface area (Å²) in [4.78, 5) is 14.3. The Labute approximate surface area is 144 Å². The Bertz CT molecular complexity index is 546. The molecule has 1 aromatic rings. The van der Waals surface area contributed by atoms with Crippen molar-refractivity contribution in [2.45, 2.75) is 32.3 Å². The highest BCUT2D eigenvalue weighted by Gasteiger charge is 2.15. The van der Waals surface area contributed by atoms with Crippen LogP contribution in [0.25, 0.3) is 5.57 Å². The number of ether oxygens (including phenoxy) is 1. The number of nitrogens with one attached hydrogen (secondary N) is 1. The second-order valence-electron chi connectivity index (χ2n) is 6.27. The van der Waals surface area contributed by atoms with Crippen LogP contribution >= 0.6 is 0 Å². The van der Waals surface area contributed by atoms with Gasteiger partial charge in [0.15, 0.2) is 0 Å². The zero-order valence-electron chi connectivity index (χ0n) is 14.6. The number of piperidine rings is 1. The van der Waals surface area contributed by atoms with Crippen LogP contribution in [0.5, 0.6) is 5.75 Å².